The van der Waals surface area contributed by atoms with E-state index < -0.39 is 12.1 Å². The molecule has 10 heteroatoms. The van der Waals surface area contributed by atoms with Crippen LogP contribution in [0.3, 0.4) is 0 Å². The number of nitrogens with one attached hydrogen (secondary N) is 1. The Bertz CT molecular complexity index is 685. The van der Waals surface area contributed by atoms with Crippen molar-refractivity contribution >= 4 is 34.4 Å². The number of carbonyl (C=O) groups is 3. The molecular weight excluding hydrogens is 384 g/mol. The molecule has 1 aromatic rings. The first-order chi connectivity index (χ1) is 13.4. The second kappa shape index (κ2) is 10.3. The van der Waals surface area contributed by atoms with Crippen LogP contribution in [0.5, 0.6) is 0 Å². The molecule has 0 bridgehead atoms. The van der Waals surface area contributed by atoms with Crippen molar-refractivity contribution in [2.24, 2.45) is 5.92 Å². The predicted molar refractivity (Wildman–Crippen MR) is 106 cm³/mol. The first-order valence-electron chi connectivity index (χ1n) is 9.47. The Balaban J connectivity index is 1.93. The highest BCUT2D eigenvalue weighted by atomic mass is 32.1. The highest BCUT2D eigenvalue weighted by Gasteiger charge is 2.31. The first kappa shape index (κ1) is 21.9. The van der Waals surface area contributed by atoms with Crippen molar-refractivity contribution in [1.82, 2.24) is 15.2 Å². The summed E-state index contributed by atoms with van der Waals surface area (Å²) in [6.07, 6.45) is 0.940. The van der Waals surface area contributed by atoms with Crippen molar-refractivity contribution in [3.05, 3.63) is 11.1 Å². The quantitative estimate of drug-likeness (QED) is 0.681. The molecule has 28 heavy (non-hydrogen) atoms. The number of esters is 1. The van der Waals surface area contributed by atoms with Crippen LogP contribution in [0.4, 0.5) is 9.93 Å². The van der Waals surface area contributed by atoms with E-state index in [1.807, 2.05) is 18.7 Å². The molecule has 1 aliphatic rings. The van der Waals surface area contributed by atoms with Gasteiger partial charge >= 0.3 is 12.1 Å². The molecule has 2 amide bonds. The zero-order valence-corrected chi connectivity index (χ0v) is 17.6. The Morgan fingerprint density at radius 2 is 1.79 bits per heavy atom. The van der Waals surface area contributed by atoms with Gasteiger partial charge in [0.1, 0.15) is 10.9 Å². The summed E-state index contributed by atoms with van der Waals surface area (Å²) in [5.41, 5.74) is 0. The van der Waals surface area contributed by atoms with Crippen LogP contribution in [0.2, 0.25) is 0 Å². The summed E-state index contributed by atoms with van der Waals surface area (Å²) in [7, 11) is 0. The molecule has 2 rings (SSSR count). The monoisotopic (exact) mass is 412 g/mol. The Kier molecular flexibility index (Phi) is 8.04. The number of alkyl carbamates (subject to hydrolysis) is 1. The second-order valence-corrected chi connectivity index (χ2v) is 7.64. The Labute approximate surface area is 169 Å². The summed E-state index contributed by atoms with van der Waals surface area (Å²) in [5.74, 6) is -0.542. The molecule has 0 spiro atoms. The normalized spacial score (nSPS) is 15.3. The minimum absolute atomic E-state index is 0.0546. The highest BCUT2D eigenvalue weighted by molar-refractivity contribution is 7.17. The fourth-order valence-electron chi connectivity index (χ4n) is 2.84. The lowest BCUT2D eigenvalue weighted by molar-refractivity contribution is -0.134. The van der Waals surface area contributed by atoms with Crippen LogP contribution in [-0.4, -0.2) is 73.3 Å². The van der Waals surface area contributed by atoms with Gasteiger partial charge in [0, 0.05) is 26.2 Å². The zero-order chi connectivity index (χ0) is 20.7. The molecule has 0 aromatic carbocycles. The van der Waals surface area contributed by atoms with Crippen LogP contribution >= 0.6 is 11.3 Å². The van der Waals surface area contributed by atoms with E-state index in [0.717, 1.165) is 5.13 Å². The van der Waals surface area contributed by atoms with E-state index in [-0.39, 0.29) is 24.4 Å². The number of amides is 2. The zero-order valence-electron chi connectivity index (χ0n) is 16.8. The van der Waals surface area contributed by atoms with Crippen LogP contribution < -0.4 is 10.2 Å². The van der Waals surface area contributed by atoms with Crippen LogP contribution in [0, 0.1) is 5.92 Å². The summed E-state index contributed by atoms with van der Waals surface area (Å²) >= 11 is 1.29. The van der Waals surface area contributed by atoms with E-state index >= 15 is 0 Å². The third-order valence-electron chi connectivity index (χ3n) is 4.31. The summed E-state index contributed by atoms with van der Waals surface area (Å²) < 4.78 is 9.89. The van der Waals surface area contributed by atoms with Crippen molar-refractivity contribution in [2.45, 2.75) is 33.7 Å². The minimum atomic E-state index is -0.624. The number of carbonyl (C=O) groups excluding carboxylic acids is 3. The number of piperazine rings is 1. The van der Waals surface area contributed by atoms with Gasteiger partial charge < -0.3 is 24.6 Å². The molecule has 1 unspecified atom stereocenters. The summed E-state index contributed by atoms with van der Waals surface area (Å²) in [6.45, 7) is 10.1. The maximum absolute atomic E-state index is 12.9. The molecule has 2 heterocycles. The van der Waals surface area contributed by atoms with E-state index in [4.69, 9.17) is 9.47 Å². The van der Waals surface area contributed by atoms with E-state index in [1.54, 1.807) is 18.7 Å². The standard InChI is InChI=1S/C18H28N4O5S/c1-5-26-16(24)13-11-19-17(28-13)22-9-7-21(8-10-22)15(23)14(12(3)4)20-18(25)27-6-2/h11-12,14H,5-10H2,1-4H3,(H,20,25). The van der Waals surface area contributed by atoms with Crippen molar-refractivity contribution in [3.63, 3.8) is 0 Å². The average molecular weight is 413 g/mol. The maximum atomic E-state index is 12.9. The number of anilines is 1. The largest absolute Gasteiger partial charge is 0.462 e. The van der Waals surface area contributed by atoms with E-state index in [1.165, 1.54) is 17.5 Å². The molecule has 1 aromatic heterocycles. The first-order valence-corrected chi connectivity index (χ1v) is 10.3. The van der Waals surface area contributed by atoms with Gasteiger partial charge in [-0.15, -0.1) is 0 Å². The Morgan fingerprint density at radius 3 is 2.36 bits per heavy atom. The van der Waals surface area contributed by atoms with E-state index in [0.29, 0.717) is 37.7 Å². The van der Waals surface area contributed by atoms with Gasteiger partial charge in [-0.25, -0.2) is 14.6 Å². The van der Waals surface area contributed by atoms with Crippen molar-refractivity contribution in [1.29, 1.82) is 0 Å². The number of hydrogen-bond acceptors (Lipinski definition) is 8. The van der Waals surface area contributed by atoms with E-state index in [2.05, 4.69) is 10.3 Å². The number of aromatic nitrogens is 1. The molecule has 1 N–H and O–H groups in total. The number of thiazole rings is 1. The third kappa shape index (κ3) is 5.57. The van der Waals surface area contributed by atoms with Crippen LogP contribution in [0.1, 0.15) is 37.4 Å². The summed E-state index contributed by atoms with van der Waals surface area (Å²) in [4.78, 5) is 44.9. The molecule has 0 saturated carbocycles. The van der Waals surface area contributed by atoms with E-state index in [9.17, 15) is 14.4 Å². The summed E-state index contributed by atoms with van der Waals surface area (Å²) in [5, 5.41) is 3.39. The number of hydrogen-bond donors (Lipinski definition) is 1. The van der Waals surface area contributed by atoms with Gasteiger partial charge in [0.15, 0.2) is 5.13 Å². The van der Waals surface area contributed by atoms with Crippen molar-refractivity contribution in [2.75, 3.05) is 44.3 Å². The Hall–Kier alpha value is -2.36. The minimum Gasteiger partial charge on any atom is -0.462 e. The second-order valence-electron chi connectivity index (χ2n) is 6.63. The highest BCUT2D eigenvalue weighted by Crippen LogP contribution is 2.24. The smallest absolute Gasteiger partial charge is 0.407 e. The lowest BCUT2D eigenvalue weighted by Crippen LogP contribution is -2.56. The van der Waals surface area contributed by atoms with Gasteiger partial charge in [-0.1, -0.05) is 25.2 Å². The molecule has 1 atom stereocenters. The van der Waals surface area contributed by atoms with Gasteiger partial charge in [-0.2, -0.15) is 0 Å². The molecule has 156 valence electrons. The lowest BCUT2D eigenvalue weighted by atomic mass is 10.0. The molecule has 0 radical (unpaired) electrons. The Morgan fingerprint density at radius 1 is 1.14 bits per heavy atom. The maximum Gasteiger partial charge on any atom is 0.407 e. The van der Waals surface area contributed by atoms with Gasteiger partial charge in [0.2, 0.25) is 5.91 Å². The van der Waals surface area contributed by atoms with Gasteiger partial charge in [0.05, 0.1) is 19.4 Å². The molecule has 9 nitrogen and oxygen atoms in total. The van der Waals surface area contributed by atoms with Crippen LogP contribution in [0.25, 0.3) is 0 Å². The SMILES string of the molecule is CCOC(=O)NC(C(=O)N1CCN(c2ncc(C(=O)OCC)s2)CC1)C(C)C. The fraction of sp³-hybridized carbons (Fsp3) is 0.667. The number of nitrogens with zero attached hydrogens (tertiary/aromatic N) is 3. The molecular formula is C18H28N4O5S. The topological polar surface area (TPSA) is 101 Å². The number of rotatable bonds is 7. The predicted octanol–water partition coefficient (Wildman–Crippen LogP) is 1.74. The lowest BCUT2D eigenvalue weighted by Gasteiger charge is -2.37. The van der Waals surface area contributed by atoms with Crippen LogP contribution in [0.15, 0.2) is 6.20 Å². The molecule has 1 saturated heterocycles. The van der Waals surface area contributed by atoms with Crippen LogP contribution in [-0.2, 0) is 14.3 Å². The van der Waals surface area contributed by atoms with Crippen molar-refractivity contribution in [3.8, 4) is 0 Å². The van der Waals surface area contributed by atoms with Crippen molar-refractivity contribution < 1.29 is 23.9 Å². The average Bonchev–Trinajstić information content (AvgIpc) is 3.16. The fourth-order valence-corrected chi connectivity index (χ4v) is 3.70. The van der Waals surface area contributed by atoms with Gasteiger partial charge in [-0.05, 0) is 19.8 Å². The molecule has 1 fully saturated rings. The molecule has 0 aliphatic carbocycles. The summed E-state index contributed by atoms with van der Waals surface area (Å²) in [6, 6.07) is -0.624. The van der Waals surface area contributed by atoms with Gasteiger partial charge in [0.25, 0.3) is 0 Å². The third-order valence-corrected chi connectivity index (χ3v) is 5.35. The van der Waals surface area contributed by atoms with Gasteiger partial charge in [-0.3, -0.25) is 4.79 Å². The molecule has 1 aliphatic heterocycles. The number of ether oxygens (including phenoxy) is 2.